The number of amides is 2. The molecule has 1 fully saturated rings. The summed E-state index contributed by atoms with van der Waals surface area (Å²) >= 11 is 0. The fourth-order valence-electron chi connectivity index (χ4n) is 3.42. The van der Waals surface area contributed by atoms with E-state index >= 15 is 0 Å². The number of anilines is 1. The summed E-state index contributed by atoms with van der Waals surface area (Å²) in [5.74, 6) is -0.251. The zero-order valence-corrected chi connectivity index (χ0v) is 15.7. The van der Waals surface area contributed by atoms with E-state index in [9.17, 15) is 9.59 Å². The molecule has 1 N–H and O–H groups in total. The largest absolute Gasteiger partial charge is 0.449 e. The number of furan rings is 1. The second-order valence-electron chi connectivity index (χ2n) is 6.92. The quantitative estimate of drug-likeness (QED) is 0.755. The molecule has 0 spiro atoms. The Labute approximate surface area is 163 Å². The van der Waals surface area contributed by atoms with Gasteiger partial charge >= 0.3 is 0 Å². The number of aryl methyl sites for hydroxylation is 1. The number of carbonyl (C=O) groups excluding carboxylic acids is 2. The summed E-state index contributed by atoms with van der Waals surface area (Å²) in [5.41, 5.74) is 3.03. The maximum absolute atomic E-state index is 13.0. The number of rotatable bonds is 4. The SMILES string of the molecule is Cc1cccc(CC(=O)Nc2c(C(=O)N3CCOCC3)oc3ccccc23)c1. The fraction of sp³-hybridized carbons (Fsp3) is 0.273. The number of hydrogen-bond donors (Lipinski definition) is 1. The van der Waals surface area contributed by atoms with E-state index in [0.717, 1.165) is 16.5 Å². The molecule has 3 aromatic rings. The molecule has 0 radical (unpaired) electrons. The number of morpholine rings is 1. The molecule has 2 heterocycles. The number of hydrogen-bond acceptors (Lipinski definition) is 4. The van der Waals surface area contributed by atoms with Gasteiger partial charge in [0.2, 0.25) is 11.7 Å². The lowest BCUT2D eigenvalue weighted by atomic mass is 10.1. The van der Waals surface area contributed by atoms with Crippen LogP contribution in [0.2, 0.25) is 0 Å². The molecule has 1 aromatic heterocycles. The highest BCUT2D eigenvalue weighted by Crippen LogP contribution is 2.32. The van der Waals surface area contributed by atoms with Crippen molar-refractivity contribution in [1.29, 1.82) is 0 Å². The standard InChI is InChI=1S/C22H22N2O4/c1-15-5-4-6-16(13-15)14-19(25)23-20-17-7-2-3-8-18(17)28-21(20)22(26)24-9-11-27-12-10-24/h2-8,13H,9-12,14H2,1H3,(H,23,25). The second-order valence-corrected chi connectivity index (χ2v) is 6.92. The van der Waals surface area contributed by atoms with Crippen molar-refractivity contribution in [3.05, 3.63) is 65.4 Å². The maximum atomic E-state index is 13.0. The normalized spacial score (nSPS) is 14.2. The first kappa shape index (κ1) is 18.3. The number of fused-ring (bicyclic) bond motifs is 1. The Balaban J connectivity index is 1.63. The summed E-state index contributed by atoms with van der Waals surface area (Å²) < 4.78 is 11.2. The van der Waals surface area contributed by atoms with Crippen molar-refractivity contribution in [3.8, 4) is 0 Å². The van der Waals surface area contributed by atoms with Gasteiger partial charge in [-0.15, -0.1) is 0 Å². The number of nitrogens with one attached hydrogen (secondary N) is 1. The average Bonchev–Trinajstić information content (AvgIpc) is 3.06. The zero-order chi connectivity index (χ0) is 19.5. The van der Waals surface area contributed by atoms with Crippen molar-refractivity contribution in [3.63, 3.8) is 0 Å². The van der Waals surface area contributed by atoms with Gasteiger partial charge in [0.05, 0.1) is 19.6 Å². The van der Waals surface area contributed by atoms with Crippen LogP contribution >= 0.6 is 0 Å². The third kappa shape index (κ3) is 3.77. The van der Waals surface area contributed by atoms with E-state index in [1.54, 1.807) is 11.0 Å². The summed E-state index contributed by atoms with van der Waals surface area (Å²) in [6.07, 6.45) is 0.229. The molecule has 1 aliphatic rings. The van der Waals surface area contributed by atoms with Crippen LogP contribution in [-0.4, -0.2) is 43.0 Å². The van der Waals surface area contributed by atoms with Crippen LogP contribution in [0.3, 0.4) is 0 Å². The first-order chi connectivity index (χ1) is 13.6. The van der Waals surface area contributed by atoms with E-state index in [-0.39, 0.29) is 24.0 Å². The highest BCUT2D eigenvalue weighted by molar-refractivity contribution is 6.11. The third-order valence-corrected chi connectivity index (χ3v) is 4.80. The number of nitrogens with zero attached hydrogens (tertiary/aromatic N) is 1. The first-order valence-corrected chi connectivity index (χ1v) is 9.36. The molecule has 6 nitrogen and oxygen atoms in total. The second kappa shape index (κ2) is 7.86. The Morgan fingerprint density at radius 1 is 1.07 bits per heavy atom. The van der Waals surface area contributed by atoms with Crippen molar-refractivity contribution >= 4 is 28.5 Å². The molecular weight excluding hydrogens is 356 g/mol. The first-order valence-electron chi connectivity index (χ1n) is 9.36. The molecule has 0 atom stereocenters. The van der Waals surface area contributed by atoms with Gasteiger partial charge in [0.15, 0.2) is 0 Å². The molecule has 1 saturated heterocycles. The molecular formula is C22H22N2O4. The Morgan fingerprint density at radius 3 is 2.64 bits per heavy atom. The van der Waals surface area contributed by atoms with E-state index < -0.39 is 0 Å². The molecule has 6 heteroatoms. The molecule has 1 aliphatic heterocycles. The van der Waals surface area contributed by atoms with E-state index in [1.165, 1.54) is 0 Å². The fourth-order valence-corrected chi connectivity index (χ4v) is 3.42. The Morgan fingerprint density at radius 2 is 1.86 bits per heavy atom. The van der Waals surface area contributed by atoms with Crippen LogP contribution < -0.4 is 5.32 Å². The lowest BCUT2D eigenvalue weighted by Gasteiger charge is -2.26. The van der Waals surface area contributed by atoms with Gasteiger partial charge in [-0.1, -0.05) is 42.0 Å². The van der Waals surface area contributed by atoms with E-state index in [0.29, 0.717) is 37.6 Å². The smallest absolute Gasteiger partial charge is 0.291 e. The summed E-state index contributed by atoms with van der Waals surface area (Å²) in [6.45, 7) is 4.01. The summed E-state index contributed by atoms with van der Waals surface area (Å²) in [4.78, 5) is 27.4. The minimum atomic E-state index is -0.231. The van der Waals surface area contributed by atoms with E-state index in [4.69, 9.17) is 9.15 Å². The molecule has 0 aliphatic carbocycles. The highest BCUT2D eigenvalue weighted by Gasteiger charge is 2.27. The van der Waals surface area contributed by atoms with Gasteiger partial charge in [-0.25, -0.2) is 0 Å². The topological polar surface area (TPSA) is 71.8 Å². The number of benzene rings is 2. The van der Waals surface area contributed by atoms with Crippen LogP contribution in [0.4, 0.5) is 5.69 Å². The predicted octanol–water partition coefficient (Wildman–Crippen LogP) is 3.39. The van der Waals surface area contributed by atoms with Crippen LogP contribution in [0.25, 0.3) is 11.0 Å². The molecule has 28 heavy (non-hydrogen) atoms. The number of carbonyl (C=O) groups is 2. The van der Waals surface area contributed by atoms with Gasteiger partial charge < -0.3 is 19.4 Å². The molecule has 4 rings (SSSR count). The molecule has 0 saturated carbocycles. The third-order valence-electron chi connectivity index (χ3n) is 4.80. The number of ether oxygens (including phenoxy) is 1. The van der Waals surface area contributed by atoms with Crippen molar-refractivity contribution < 1.29 is 18.7 Å². The predicted molar refractivity (Wildman–Crippen MR) is 106 cm³/mol. The Bertz CT molecular complexity index is 1020. The maximum Gasteiger partial charge on any atom is 0.291 e. The minimum Gasteiger partial charge on any atom is -0.449 e. The van der Waals surface area contributed by atoms with Gasteiger partial charge in [-0.3, -0.25) is 9.59 Å². The molecule has 2 amide bonds. The summed E-state index contributed by atoms with van der Waals surface area (Å²) in [6, 6.07) is 15.2. The molecule has 0 bridgehead atoms. The summed E-state index contributed by atoms with van der Waals surface area (Å²) in [5, 5.41) is 3.63. The van der Waals surface area contributed by atoms with Crippen molar-refractivity contribution in [2.24, 2.45) is 0 Å². The van der Waals surface area contributed by atoms with Crippen LogP contribution in [0.1, 0.15) is 21.7 Å². The lowest BCUT2D eigenvalue weighted by Crippen LogP contribution is -2.40. The van der Waals surface area contributed by atoms with Crippen molar-refractivity contribution in [2.45, 2.75) is 13.3 Å². The lowest BCUT2D eigenvalue weighted by molar-refractivity contribution is -0.115. The van der Waals surface area contributed by atoms with E-state index in [1.807, 2.05) is 49.4 Å². The Hall–Kier alpha value is -3.12. The Kier molecular flexibility index (Phi) is 5.12. The van der Waals surface area contributed by atoms with Gasteiger partial charge in [-0.2, -0.15) is 0 Å². The zero-order valence-electron chi connectivity index (χ0n) is 15.7. The minimum absolute atomic E-state index is 0.167. The van der Waals surface area contributed by atoms with Crippen LogP contribution in [0.5, 0.6) is 0 Å². The van der Waals surface area contributed by atoms with Crippen LogP contribution in [0, 0.1) is 6.92 Å². The molecule has 0 unspecified atom stereocenters. The monoisotopic (exact) mass is 378 g/mol. The van der Waals surface area contributed by atoms with Gasteiger partial charge in [0, 0.05) is 18.5 Å². The van der Waals surface area contributed by atoms with Gasteiger partial charge in [-0.05, 0) is 24.6 Å². The van der Waals surface area contributed by atoms with E-state index in [2.05, 4.69) is 5.32 Å². The molecule has 144 valence electrons. The summed E-state index contributed by atoms with van der Waals surface area (Å²) in [7, 11) is 0. The van der Waals surface area contributed by atoms with Crippen molar-refractivity contribution in [1.82, 2.24) is 4.90 Å². The highest BCUT2D eigenvalue weighted by atomic mass is 16.5. The number of para-hydroxylation sites is 1. The van der Waals surface area contributed by atoms with Gasteiger partial charge in [0.25, 0.3) is 5.91 Å². The van der Waals surface area contributed by atoms with Crippen LogP contribution in [0.15, 0.2) is 52.9 Å². The van der Waals surface area contributed by atoms with Crippen LogP contribution in [-0.2, 0) is 16.0 Å². The molecule has 2 aromatic carbocycles. The van der Waals surface area contributed by atoms with Crippen molar-refractivity contribution in [2.75, 3.05) is 31.6 Å². The van der Waals surface area contributed by atoms with Gasteiger partial charge in [0.1, 0.15) is 11.3 Å². The average molecular weight is 378 g/mol.